The van der Waals surface area contributed by atoms with Gasteiger partial charge >= 0.3 is 0 Å². The number of nitrogens with zero attached hydrogens (tertiary/aromatic N) is 1. The van der Waals surface area contributed by atoms with E-state index in [0.29, 0.717) is 11.3 Å². The van der Waals surface area contributed by atoms with Crippen LogP contribution in [-0.2, 0) is 26.2 Å². The van der Waals surface area contributed by atoms with Gasteiger partial charge in [-0.1, -0.05) is 12.1 Å². The fourth-order valence-electron chi connectivity index (χ4n) is 2.82. The Morgan fingerprint density at radius 1 is 0.939 bits per heavy atom. The molecule has 0 aliphatic rings. The summed E-state index contributed by atoms with van der Waals surface area (Å²) in [5.41, 5.74) is 1.79. The van der Waals surface area contributed by atoms with Gasteiger partial charge in [-0.2, -0.15) is 4.72 Å². The summed E-state index contributed by atoms with van der Waals surface area (Å²) in [5, 5.41) is 5.24. The smallest absolute Gasteiger partial charge is 0.253 e. The predicted molar refractivity (Wildman–Crippen MR) is 126 cm³/mol. The Morgan fingerprint density at radius 2 is 1.52 bits per heavy atom. The quantitative estimate of drug-likeness (QED) is 0.513. The van der Waals surface area contributed by atoms with Crippen molar-refractivity contribution >= 4 is 33.4 Å². The molecular formula is C23H30N4O5S. The molecule has 0 fully saturated rings. The predicted octanol–water partition coefficient (Wildman–Crippen LogP) is 2.11. The van der Waals surface area contributed by atoms with Crippen LogP contribution in [0, 0.1) is 0 Å². The van der Waals surface area contributed by atoms with Gasteiger partial charge < -0.3 is 15.5 Å². The van der Waals surface area contributed by atoms with Crippen LogP contribution in [0.15, 0.2) is 53.4 Å². The van der Waals surface area contributed by atoms with E-state index in [1.54, 1.807) is 36.2 Å². The molecule has 0 aliphatic carbocycles. The van der Waals surface area contributed by atoms with Crippen molar-refractivity contribution in [2.24, 2.45) is 0 Å². The van der Waals surface area contributed by atoms with Crippen molar-refractivity contribution in [1.29, 1.82) is 0 Å². The van der Waals surface area contributed by atoms with Crippen LogP contribution < -0.4 is 15.4 Å². The third-order valence-corrected chi connectivity index (χ3v) is 6.53. The zero-order valence-electron chi connectivity index (χ0n) is 19.4. The summed E-state index contributed by atoms with van der Waals surface area (Å²) >= 11 is 0. The number of sulfonamides is 1. The van der Waals surface area contributed by atoms with Crippen molar-refractivity contribution < 1.29 is 22.8 Å². The van der Waals surface area contributed by atoms with Gasteiger partial charge in [0.2, 0.25) is 21.8 Å². The summed E-state index contributed by atoms with van der Waals surface area (Å²) in [4.78, 5) is 37.4. The largest absolute Gasteiger partial charge is 0.351 e. The van der Waals surface area contributed by atoms with Crippen LogP contribution in [0.3, 0.4) is 0 Å². The van der Waals surface area contributed by atoms with Gasteiger partial charge in [-0.15, -0.1) is 0 Å². The van der Waals surface area contributed by atoms with Gasteiger partial charge in [-0.3, -0.25) is 14.4 Å². The molecule has 0 saturated heterocycles. The van der Waals surface area contributed by atoms with E-state index in [9.17, 15) is 22.8 Å². The molecule has 2 rings (SSSR count). The van der Waals surface area contributed by atoms with E-state index < -0.39 is 22.0 Å². The average molecular weight is 475 g/mol. The van der Waals surface area contributed by atoms with E-state index in [4.69, 9.17) is 0 Å². The summed E-state index contributed by atoms with van der Waals surface area (Å²) in [5.74, 6) is -0.847. The molecule has 10 heteroatoms. The van der Waals surface area contributed by atoms with Gasteiger partial charge in [0.1, 0.15) is 0 Å². The van der Waals surface area contributed by atoms with Gasteiger partial charge in [-0.05, 0) is 62.7 Å². The molecule has 0 heterocycles. The molecule has 0 spiro atoms. The molecule has 0 saturated carbocycles. The number of carbonyl (C=O) groups is 3. The van der Waals surface area contributed by atoms with E-state index in [1.807, 2.05) is 13.8 Å². The Hall–Kier alpha value is -3.24. The highest BCUT2D eigenvalue weighted by atomic mass is 32.2. The van der Waals surface area contributed by atoms with Crippen molar-refractivity contribution in [3.8, 4) is 0 Å². The SMILES string of the molecule is CC(=O)Nc1ccc(S(=O)(=O)N[C@@H](C)C(=O)NCc2ccc(C(=O)N(C)C(C)C)cc2)cc1. The maximum absolute atomic E-state index is 12.5. The third-order valence-electron chi connectivity index (χ3n) is 4.97. The summed E-state index contributed by atoms with van der Waals surface area (Å²) in [6.07, 6.45) is 0. The molecule has 0 aliphatic heterocycles. The first-order valence-electron chi connectivity index (χ1n) is 10.4. The second-order valence-electron chi connectivity index (χ2n) is 7.97. The van der Waals surface area contributed by atoms with E-state index >= 15 is 0 Å². The molecule has 3 amide bonds. The molecule has 0 radical (unpaired) electrons. The highest BCUT2D eigenvalue weighted by Crippen LogP contribution is 2.14. The third kappa shape index (κ3) is 7.40. The van der Waals surface area contributed by atoms with E-state index in [1.165, 1.54) is 38.1 Å². The molecule has 33 heavy (non-hydrogen) atoms. The Kier molecular flexibility index (Phi) is 8.72. The first kappa shape index (κ1) is 26.0. The fraction of sp³-hybridized carbons (Fsp3) is 0.348. The number of hydrogen-bond acceptors (Lipinski definition) is 5. The minimum atomic E-state index is -3.93. The lowest BCUT2D eigenvalue weighted by atomic mass is 10.1. The number of benzene rings is 2. The van der Waals surface area contributed by atoms with Crippen LogP contribution in [0.5, 0.6) is 0 Å². The lowest BCUT2D eigenvalue weighted by Gasteiger charge is -2.21. The molecule has 0 bridgehead atoms. The highest BCUT2D eigenvalue weighted by Gasteiger charge is 2.22. The monoisotopic (exact) mass is 474 g/mol. The number of nitrogens with one attached hydrogen (secondary N) is 3. The van der Waals surface area contributed by atoms with Crippen molar-refractivity contribution in [2.45, 2.75) is 51.2 Å². The number of amides is 3. The maximum Gasteiger partial charge on any atom is 0.253 e. The van der Waals surface area contributed by atoms with Gasteiger partial charge in [0.25, 0.3) is 5.91 Å². The van der Waals surface area contributed by atoms with Crippen molar-refractivity contribution in [3.05, 3.63) is 59.7 Å². The van der Waals surface area contributed by atoms with Gasteiger partial charge in [0.05, 0.1) is 10.9 Å². The molecule has 2 aromatic carbocycles. The number of hydrogen-bond donors (Lipinski definition) is 3. The summed E-state index contributed by atoms with van der Waals surface area (Å²) in [6.45, 7) is 6.84. The van der Waals surface area contributed by atoms with Crippen molar-refractivity contribution in [3.63, 3.8) is 0 Å². The molecule has 0 aromatic heterocycles. The van der Waals surface area contributed by atoms with Crippen LogP contribution in [0.4, 0.5) is 5.69 Å². The van der Waals surface area contributed by atoms with Crippen molar-refractivity contribution in [1.82, 2.24) is 14.9 Å². The molecule has 9 nitrogen and oxygen atoms in total. The lowest BCUT2D eigenvalue weighted by molar-refractivity contribution is -0.122. The fourth-order valence-corrected chi connectivity index (χ4v) is 4.02. The Morgan fingerprint density at radius 3 is 2.03 bits per heavy atom. The lowest BCUT2D eigenvalue weighted by Crippen LogP contribution is -2.44. The topological polar surface area (TPSA) is 125 Å². The number of rotatable bonds is 9. The van der Waals surface area contributed by atoms with Crippen LogP contribution in [0.25, 0.3) is 0 Å². The maximum atomic E-state index is 12.5. The van der Waals surface area contributed by atoms with Crippen LogP contribution in [0.1, 0.15) is 43.6 Å². The van der Waals surface area contributed by atoms with Crippen LogP contribution in [-0.4, -0.2) is 50.2 Å². The standard InChI is InChI=1S/C23H30N4O5S/c1-15(2)27(5)23(30)19-8-6-18(7-9-19)14-24-22(29)16(3)26-33(31,32)21-12-10-20(11-13-21)25-17(4)28/h6-13,15-16,26H,14H2,1-5H3,(H,24,29)(H,25,28)/t16-/m0/s1. The summed E-state index contributed by atoms with van der Waals surface area (Å²) < 4.78 is 27.4. The van der Waals surface area contributed by atoms with Crippen LogP contribution >= 0.6 is 0 Å². The van der Waals surface area contributed by atoms with E-state index in [2.05, 4.69) is 15.4 Å². The summed E-state index contributed by atoms with van der Waals surface area (Å²) in [7, 11) is -2.19. The zero-order valence-corrected chi connectivity index (χ0v) is 20.2. The summed E-state index contributed by atoms with van der Waals surface area (Å²) in [6, 6.07) is 11.6. The van der Waals surface area contributed by atoms with Gasteiger partial charge in [0, 0.05) is 37.8 Å². The normalized spacial score (nSPS) is 12.2. The first-order chi connectivity index (χ1) is 15.4. The first-order valence-corrected chi connectivity index (χ1v) is 11.9. The van der Waals surface area contributed by atoms with Crippen molar-refractivity contribution in [2.75, 3.05) is 12.4 Å². The van der Waals surface area contributed by atoms with Gasteiger partial charge in [-0.25, -0.2) is 8.42 Å². The molecule has 0 unspecified atom stereocenters. The average Bonchev–Trinajstić information content (AvgIpc) is 2.76. The second-order valence-corrected chi connectivity index (χ2v) is 9.69. The second kappa shape index (κ2) is 11.1. The number of anilines is 1. The Balaban J connectivity index is 1.93. The Bertz CT molecular complexity index is 1100. The molecule has 1 atom stereocenters. The van der Waals surface area contributed by atoms with E-state index in [-0.39, 0.29) is 29.3 Å². The Labute approximate surface area is 194 Å². The van der Waals surface area contributed by atoms with E-state index in [0.717, 1.165) is 5.56 Å². The number of carbonyl (C=O) groups excluding carboxylic acids is 3. The van der Waals surface area contributed by atoms with Gasteiger partial charge in [0.15, 0.2) is 0 Å². The molecule has 2 aromatic rings. The molecular weight excluding hydrogens is 444 g/mol. The minimum absolute atomic E-state index is 0.0251. The molecule has 178 valence electrons. The van der Waals surface area contributed by atoms with Crippen LogP contribution in [0.2, 0.25) is 0 Å². The zero-order chi connectivity index (χ0) is 24.8. The minimum Gasteiger partial charge on any atom is -0.351 e. The molecule has 3 N–H and O–H groups in total. The highest BCUT2D eigenvalue weighted by molar-refractivity contribution is 7.89.